The summed E-state index contributed by atoms with van der Waals surface area (Å²) in [6.07, 6.45) is 0. The molecule has 0 spiro atoms. The van der Waals surface area contributed by atoms with Gasteiger partial charge >= 0.3 is 0 Å². The van der Waals surface area contributed by atoms with E-state index in [1.54, 1.807) is 0 Å². The molecule has 0 amide bonds. The number of hydrogen-bond donors (Lipinski definition) is 1. The fourth-order valence-electron chi connectivity index (χ4n) is 1.41. The zero-order valence-electron chi connectivity index (χ0n) is 9.93. The maximum Gasteiger partial charge on any atom is 0.0107 e. The largest absolute Gasteiger partial charge is 0.313 e. The zero-order valence-corrected chi connectivity index (χ0v) is 9.93. The summed E-state index contributed by atoms with van der Waals surface area (Å²) in [5.74, 6) is 0.777. The molecule has 0 radical (unpaired) electrons. The summed E-state index contributed by atoms with van der Waals surface area (Å²) >= 11 is 0. The molecule has 1 N–H and O–H groups in total. The first-order valence-electron chi connectivity index (χ1n) is 5.52. The third-order valence-corrected chi connectivity index (χ3v) is 2.05. The van der Waals surface area contributed by atoms with E-state index in [9.17, 15) is 0 Å². The van der Waals surface area contributed by atoms with Crippen LogP contribution in [-0.4, -0.2) is 37.1 Å². The second-order valence-electron chi connectivity index (χ2n) is 4.40. The van der Waals surface area contributed by atoms with Crippen molar-refractivity contribution in [3.8, 4) is 0 Å². The Balaban J connectivity index is 3.48. The lowest BCUT2D eigenvalue weighted by Gasteiger charge is -2.23. The van der Waals surface area contributed by atoms with Crippen LogP contribution in [0.5, 0.6) is 0 Å². The van der Waals surface area contributed by atoms with E-state index in [4.69, 9.17) is 0 Å². The van der Waals surface area contributed by atoms with Crippen LogP contribution in [0.2, 0.25) is 0 Å². The molecule has 0 heterocycles. The third-order valence-electron chi connectivity index (χ3n) is 2.05. The first-order chi connectivity index (χ1) is 6.06. The van der Waals surface area contributed by atoms with E-state index in [1.165, 1.54) is 13.1 Å². The summed E-state index contributed by atoms with van der Waals surface area (Å²) in [7, 11) is 0. The van der Waals surface area contributed by atoms with E-state index in [2.05, 4.69) is 44.8 Å². The molecule has 0 fully saturated rings. The van der Waals surface area contributed by atoms with Crippen molar-refractivity contribution in [3.63, 3.8) is 0 Å². The molecule has 0 bridgehead atoms. The maximum atomic E-state index is 3.44. The first-order valence-corrected chi connectivity index (χ1v) is 5.52. The summed E-state index contributed by atoms with van der Waals surface area (Å²) in [5.41, 5.74) is 0. The van der Waals surface area contributed by atoms with Gasteiger partial charge < -0.3 is 10.2 Å². The molecular weight excluding hydrogens is 160 g/mol. The second kappa shape index (κ2) is 7.34. The molecule has 0 aromatic heterocycles. The SMILES string of the molecule is CCN(CCNC(C)C)CC(C)C. The standard InChI is InChI=1S/C11H26N2/c1-6-13(9-10(2)3)8-7-12-11(4)5/h10-12H,6-9H2,1-5H3. The highest BCUT2D eigenvalue weighted by Gasteiger charge is 2.04. The average molecular weight is 186 g/mol. The fourth-order valence-corrected chi connectivity index (χ4v) is 1.41. The molecule has 0 aliphatic rings. The summed E-state index contributed by atoms with van der Waals surface area (Å²) in [4.78, 5) is 2.50. The molecule has 0 saturated carbocycles. The van der Waals surface area contributed by atoms with E-state index < -0.39 is 0 Å². The minimum absolute atomic E-state index is 0.609. The molecule has 0 aromatic carbocycles. The zero-order chi connectivity index (χ0) is 10.3. The minimum atomic E-state index is 0.609. The Morgan fingerprint density at radius 3 is 2.15 bits per heavy atom. The Labute approximate surface area is 83.7 Å². The third kappa shape index (κ3) is 8.26. The van der Waals surface area contributed by atoms with Gasteiger partial charge in [-0.05, 0) is 12.5 Å². The summed E-state index contributed by atoms with van der Waals surface area (Å²) in [5, 5.41) is 3.44. The molecule has 13 heavy (non-hydrogen) atoms. The van der Waals surface area contributed by atoms with Gasteiger partial charge in [0.05, 0.1) is 0 Å². The molecule has 0 rings (SSSR count). The van der Waals surface area contributed by atoms with Gasteiger partial charge in [-0.15, -0.1) is 0 Å². The minimum Gasteiger partial charge on any atom is -0.313 e. The highest BCUT2D eigenvalue weighted by molar-refractivity contribution is 4.61. The lowest BCUT2D eigenvalue weighted by molar-refractivity contribution is 0.254. The summed E-state index contributed by atoms with van der Waals surface area (Å²) in [6, 6.07) is 0.609. The molecule has 80 valence electrons. The molecular formula is C11H26N2. The Morgan fingerprint density at radius 1 is 1.15 bits per heavy atom. The Morgan fingerprint density at radius 2 is 1.77 bits per heavy atom. The first kappa shape index (κ1) is 12.9. The molecule has 0 aliphatic heterocycles. The van der Waals surface area contributed by atoms with Crippen LogP contribution in [0.1, 0.15) is 34.6 Å². The van der Waals surface area contributed by atoms with Crippen LogP contribution in [0, 0.1) is 5.92 Å². The quantitative estimate of drug-likeness (QED) is 0.654. The van der Waals surface area contributed by atoms with Crippen LogP contribution >= 0.6 is 0 Å². The average Bonchev–Trinajstić information content (AvgIpc) is 2.01. The topological polar surface area (TPSA) is 15.3 Å². The fraction of sp³-hybridized carbons (Fsp3) is 1.00. The second-order valence-corrected chi connectivity index (χ2v) is 4.40. The van der Waals surface area contributed by atoms with Crippen LogP contribution in [0.3, 0.4) is 0 Å². The highest BCUT2D eigenvalue weighted by atomic mass is 15.1. The van der Waals surface area contributed by atoms with Gasteiger partial charge in [0, 0.05) is 25.7 Å². The van der Waals surface area contributed by atoms with Crippen molar-refractivity contribution < 1.29 is 0 Å². The molecule has 2 heteroatoms. The van der Waals surface area contributed by atoms with E-state index in [0.717, 1.165) is 19.0 Å². The van der Waals surface area contributed by atoms with Gasteiger partial charge in [-0.2, -0.15) is 0 Å². The van der Waals surface area contributed by atoms with Gasteiger partial charge in [-0.25, -0.2) is 0 Å². The van der Waals surface area contributed by atoms with Crippen LogP contribution < -0.4 is 5.32 Å². The Kier molecular flexibility index (Phi) is 7.29. The number of nitrogens with one attached hydrogen (secondary N) is 1. The number of nitrogens with zero attached hydrogens (tertiary/aromatic N) is 1. The van der Waals surface area contributed by atoms with E-state index >= 15 is 0 Å². The van der Waals surface area contributed by atoms with Crippen LogP contribution in [0.25, 0.3) is 0 Å². The summed E-state index contributed by atoms with van der Waals surface area (Å²) < 4.78 is 0. The predicted octanol–water partition coefficient (Wildman–Crippen LogP) is 1.96. The monoisotopic (exact) mass is 186 g/mol. The molecule has 0 saturated heterocycles. The maximum absolute atomic E-state index is 3.44. The van der Waals surface area contributed by atoms with Crippen molar-refractivity contribution in [1.82, 2.24) is 10.2 Å². The number of hydrogen-bond acceptors (Lipinski definition) is 2. The van der Waals surface area contributed by atoms with Crippen molar-refractivity contribution in [1.29, 1.82) is 0 Å². The van der Waals surface area contributed by atoms with Gasteiger partial charge in [0.2, 0.25) is 0 Å². The smallest absolute Gasteiger partial charge is 0.0107 e. The van der Waals surface area contributed by atoms with Crippen molar-refractivity contribution in [2.45, 2.75) is 40.7 Å². The van der Waals surface area contributed by atoms with Crippen molar-refractivity contribution in [2.24, 2.45) is 5.92 Å². The molecule has 0 atom stereocenters. The van der Waals surface area contributed by atoms with E-state index in [1.807, 2.05) is 0 Å². The highest BCUT2D eigenvalue weighted by Crippen LogP contribution is 1.97. The van der Waals surface area contributed by atoms with Crippen LogP contribution in [0.4, 0.5) is 0 Å². The van der Waals surface area contributed by atoms with Gasteiger partial charge in [-0.1, -0.05) is 34.6 Å². The van der Waals surface area contributed by atoms with Gasteiger partial charge in [0.1, 0.15) is 0 Å². The molecule has 0 unspecified atom stereocenters. The lowest BCUT2D eigenvalue weighted by Crippen LogP contribution is -2.36. The molecule has 0 aliphatic carbocycles. The number of likely N-dealkylation sites (N-methyl/N-ethyl adjacent to an activating group) is 1. The van der Waals surface area contributed by atoms with E-state index in [-0.39, 0.29) is 0 Å². The number of rotatable bonds is 7. The molecule has 0 aromatic rings. The normalized spacial score (nSPS) is 12.0. The Bertz CT molecular complexity index is 111. The van der Waals surface area contributed by atoms with E-state index in [0.29, 0.717) is 6.04 Å². The van der Waals surface area contributed by atoms with Gasteiger partial charge in [0.15, 0.2) is 0 Å². The lowest BCUT2D eigenvalue weighted by atomic mass is 10.2. The summed E-state index contributed by atoms with van der Waals surface area (Å²) in [6.45, 7) is 15.8. The van der Waals surface area contributed by atoms with Gasteiger partial charge in [-0.3, -0.25) is 0 Å². The van der Waals surface area contributed by atoms with Crippen LogP contribution in [0.15, 0.2) is 0 Å². The van der Waals surface area contributed by atoms with Crippen LogP contribution in [-0.2, 0) is 0 Å². The van der Waals surface area contributed by atoms with Crippen molar-refractivity contribution >= 4 is 0 Å². The predicted molar refractivity (Wildman–Crippen MR) is 60.1 cm³/mol. The van der Waals surface area contributed by atoms with Crippen molar-refractivity contribution in [3.05, 3.63) is 0 Å². The Hall–Kier alpha value is -0.0800. The van der Waals surface area contributed by atoms with Gasteiger partial charge in [0.25, 0.3) is 0 Å². The molecule has 2 nitrogen and oxygen atoms in total. The van der Waals surface area contributed by atoms with Crippen molar-refractivity contribution in [2.75, 3.05) is 26.2 Å².